The number of methoxy groups -OCH3 is 1. The number of carbonyl (C=O) groups is 1. The van der Waals surface area contributed by atoms with Crippen LogP contribution >= 0.6 is 0 Å². The quantitative estimate of drug-likeness (QED) is 0.760. The molecule has 2 heterocycles. The van der Waals surface area contributed by atoms with Gasteiger partial charge in [0, 0.05) is 17.9 Å². The summed E-state index contributed by atoms with van der Waals surface area (Å²) in [5.74, 6) is 0.889. The van der Waals surface area contributed by atoms with E-state index in [0.717, 1.165) is 22.4 Å². The molecule has 1 aromatic heterocycles. The largest absolute Gasteiger partial charge is 0.504 e. The Morgan fingerprint density at radius 1 is 1.23 bits per heavy atom. The first kappa shape index (κ1) is 16.2. The summed E-state index contributed by atoms with van der Waals surface area (Å²) >= 11 is 0. The lowest BCUT2D eigenvalue weighted by atomic mass is 9.87. The zero-order chi connectivity index (χ0) is 18.3. The number of hydrogen-bond acceptors (Lipinski definition) is 4. The highest BCUT2D eigenvalue weighted by Crippen LogP contribution is 2.40. The lowest BCUT2D eigenvalue weighted by Crippen LogP contribution is -2.24. The molecule has 0 bridgehead atoms. The lowest BCUT2D eigenvalue weighted by Gasteiger charge is -2.24. The van der Waals surface area contributed by atoms with Gasteiger partial charge in [0.25, 0.3) is 0 Å². The highest BCUT2D eigenvalue weighted by molar-refractivity contribution is 5.94. The van der Waals surface area contributed by atoms with Crippen molar-refractivity contribution in [1.82, 2.24) is 9.78 Å². The van der Waals surface area contributed by atoms with Gasteiger partial charge in [-0.3, -0.25) is 4.79 Å². The van der Waals surface area contributed by atoms with Crippen molar-refractivity contribution in [2.75, 3.05) is 12.4 Å². The molecule has 1 amide bonds. The SMILES string of the molecule is COc1ccc([C@H]2CC(=O)Nc3c2cnn3-c2ccc(C)cc2)cc1O. The lowest BCUT2D eigenvalue weighted by molar-refractivity contribution is -0.116. The van der Waals surface area contributed by atoms with Crippen molar-refractivity contribution in [2.24, 2.45) is 0 Å². The summed E-state index contributed by atoms with van der Waals surface area (Å²) < 4.78 is 6.84. The van der Waals surface area contributed by atoms with E-state index in [1.165, 1.54) is 7.11 Å². The summed E-state index contributed by atoms with van der Waals surface area (Å²) in [7, 11) is 1.51. The van der Waals surface area contributed by atoms with Gasteiger partial charge in [0.2, 0.25) is 5.91 Å². The molecule has 0 fully saturated rings. The maximum Gasteiger partial charge on any atom is 0.226 e. The van der Waals surface area contributed by atoms with Gasteiger partial charge in [0.05, 0.1) is 19.0 Å². The molecule has 1 aliphatic heterocycles. The standard InChI is InChI=1S/C20H19N3O3/c1-12-3-6-14(7-4-12)23-20-16(11-21-23)15(10-19(25)22-20)13-5-8-18(26-2)17(24)9-13/h3-9,11,15,24H,10H2,1-2H3,(H,22,25)/t15-/m1/s1. The number of carbonyl (C=O) groups excluding carboxylic acids is 1. The van der Waals surface area contributed by atoms with Crippen molar-refractivity contribution in [3.8, 4) is 17.2 Å². The van der Waals surface area contributed by atoms with Gasteiger partial charge in [-0.1, -0.05) is 23.8 Å². The summed E-state index contributed by atoms with van der Waals surface area (Å²) in [5.41, 5.74) is 3.82. The second-order valence-corrected chi connectivity index (χ2v) is 6.43. The molecule has 3 aromatic rings. The summed E-state index contributed by atoms with van der Waals surface area (Å²) in [5, 5.41) is 17.5. The molecule has 6 nitrogen and oxygen atoms in total. The highest BCUT2D eigenvalue weighted by atomic mass is 16.5. The third-order valence-corrected chi connectivity index (χ3v) is 4.70. The number of nitrogens with zero attached hydrogens (tertiary/aromatic N) is 2. The Morgan fingerprint density at radius 2 is 2.00 bits per heavy atom. The number of ether oxygens (including phenoxy) is 1. The average molecular weight is 349 g/mol. The van der Waals surface area contributed by atoms with Crippen LogP contribution in [0, 0.1) is 6.92 Å². The van der Waals surface area contributed by atoms with E-state index in [-0.39, 0.29) is 17.6 Å². The maximum atomic E-state index is 12.3. The fourth-order valence-corrected chi connectivity index (χ4v) is 3.32. The van der Waals surface area contributed by atoms with E-state index in [1.807, 2.05) is 37.3 Å². The molecule has 1 aliphatic rings. The normalized spacial score (nSPS) is 16.1. The number of rotatable bonds is 3. The van der Waals surface area contributed by atoms with E-state index >= 15 is 0 Å². The van der Waals surface area contributed by atoms with Gasteiger partial charge in [-0.2, -0.15) is 5.10 Å². The molecule has 0 unspecified atom stereocenters. The van der Waals surface area contributed by atoms with Crippen LogP contribution in [0.3, 0.4) is 0 Å². The Balaban J connectivity index is 1.78. The number of aryl methyl sites for hydroxylation is 1. The van der Waals surface area contributed by atoms with Crippen molar-refractivity contribution in [1.29, 1.82) is 0 Å². The number of fused-ring (bicyclic) bond motifs is 1. The van der Waals surface area contributed by atoms with E-state index in [2.05, 4.69) is 10.4 Å². The Morgan fingerprint density at radius 3 is 2.69 bits per heavy atom. The Bertz CT molecular complexity index is 976. The van der Waals surface area contributed by atoms with Gasteiger partial charge in [-0.25, -0.2) is 4.68 Å². The second-order valence-electron chi connectivity index (χ2n) is 6.43. The zero-order valence-corrected chi connectivity index (χ0v) is 14.6. The van der Waals surface area contributed by atoms with E-state index in [0.29, 0.717) is 18.0 Å². The number of phenolic OH excluding ortho intramolecular Hbond substituents is 1. The maximum absolute atomic E-state index is 12.3. The van der Waals surface area contributed by atoms with Gasteiger partial charge < -0.3 is 15.2 Å². The molecule has 0 aliphatic carbocycles. The van der Waals surface area contributed by atoms with Crippen molar-refractivity contribution in [3.05, 3.63) is 65.4 Å². The van der Waals surface area contributed by atoms with Gasteiger partial charge in [0.15, 0.2) is 11.5 Å². The molecule has 2 aromatic carbocycles. The fourth-order valence-electron chi connectivity index (χ4n) is 3.32. The predicted octanol–water partition coefficient (Wildman–Crippen LogP) is 3.37. The summed E-state index contributed by atoms with van der Waals surface area (Å²) in [4.78, 5) is 12.3. The molecule has 132 valence electrons. The minimum absolute atomic E-state index is 0.0588. The molecule has 0 spiro atoms. The van der Waals surface area contributed by atoms with Crippen molar-refractivity contribution in [2.45, 2.75) is 19.3 Å². The van der Waals surface area contributed by atoms with Crippen LogP contribution in [0.25, 0.3) is 5.69 Å². The van der Waals surface area contributed by atoms with Crippen LogP contribution < -0.4 is 10.1 Å². The molecule has 1 atom stereocenters. The van der Waals surface area contributed by atoms with Crippen molar-refractivity contribution >= 4 is 11.7 Å². The van der Waals surface area contributed by atoms with Crippen LogP contribution in [-0.2, 0) is 4.79 Å². The zero-order valence-electron chi connectivity index (χ0n) is 14.6. The molecule has 26 heavy (non-hydrogen) atoms. The number of aromatic nitrogens is 2. The monoisotopic (exact) mass is 349 g/mol. The van der Waals surface area contributed by atoms with E-state index in [9.17, 15) is 9.90 Å². The van der Waals surface area contributed by atoms with Crippen LogP contribution in [0.5, 0.6) is 11.5 Å². The Labute approximate surface area is 151 Å². The first-order chi connectivity index (χ1) is 12.6. The number of phenols is 1. The van der Waals surface area contributed by atoms with E-state index in [4.69, 9.17) is 4.74 Å². The smallest absolute Gasteiger partial charge is 0.226 e. The minimum atomic E-state index is -0.172. The first-order valence-corrected chi connectivity index (χ1v) is 8.38. The Hall–Kier alpha value is -3.28. The molecule has 2 N–H and O–H groups in total. The number of anilines is 1. The summed E-state index contributed by atoms with van der Waals surface area (Å²) in [6.45, 7) is 2.02. The van der Waals surface area contributed by atoms with E-state index < -0.39 is 0 Å². The van der Waals surface area contributed by atoms with Crippen LogP contribution in [0.15, 0.2) is 48.7 Å². The Kier molecular flexibility index (Phi) is 3.88. The number of benzene rings is 2. The van der Waals surface area contributed by atoms with Crippen molar-refractivity contribution in [3.63, 3.8) is 0 Å². The molecule has 0 saturated carbocycles. The minimum Gasteiger partial charge on any atom is -0.504 e. The molecule has 0 radical (unpaired) electrons. The third kappa shape index (κ3) is 2.69. The summed E-state index contributed by atoms with van der Waals surface area (Å²) in [6, 6.07) is 13.2. The highest BCUT2D eigenvalue weighted by Gasteiger charge is 2.30. The number of hydrogen-bond donors (Lipinski definition) is 2. The predicted molar refractivity (Wildman–Crippen MR) is 98.0 cm³/mol. The molecule has 0 saturated heterocycles. The molecular formula is C20H19N3O3. The van der Waals surface area contributed by atoms with Gasteiger partial charge in [-0.05, 0) is 36.8 Å². The van der Waals surface area contributed by atoms with Crippen LogP contribution in [0.2, 0.25) is 0 Å². The second kappa shape index (κ2) is 6.22. The molecule has 6 heteroatoms. The average Bonchev–Trinajstić information content (AvgIpc) is 3.05. The molecule has 4 rings (SSSR count). The topological polar surface area (TPSA) is 76.4 Å². The van der Waals surface area contributed by atoms with Gasteiger partial charge >= 0.3 is 0 Å². The fraction of sp³-hybridized carbons (Fsp3) is 0.200. The first-order valence-electron chi connectivity index (χ1n) is 8.38. The van der Waals surface area contributed by atoms with Crippen LogP contribution in [0.4, 0.5) is 5.82 Å². The van der Waals surface area contributed by atoms with Gasteiger partial charge in [-0.15, -0.1) is 0 Å². The number of nitrogens with one attached hydrogen (secondary N) is 1. The number of aromatic hydroxyl groups is 1. The van der Waals surface area contributed by atoms with Gasteiger partial charge in [0.1, 0.15) is 5.82 Å². The third-order valence-electron chi connectivity index (χ3n) is 4.70. The van der Waals surface area contributed by atoms with Crippen LogP contribution in [0.1, 0.15) is 29.0 Å². The molecular weight excluding hydrogens is 330 g/mol. The summed E-state index contributed by atoms with van der Waals surface area (Å²) in [6.07, 6.45) is 2.08. The van der Waals surface area contributed by atoms with Crippen LogP contribution in [-0.4, -0.2) is 27.9 Å². The van der Waals surface area contributed by atoms with Crippen molar-refractivity contribution < 1.29 is 14.6 Å². The number of amides is 1. The van der Waals surface area contributed by atoms with E-state index in [1.54, 1.807) is 23.0 Å².